The minimum absolute atomic E-state index is 0.280. The van der Waals surface area contributed by atoms with Crippen LogP contribution in [0.5, 0.6) is 0 Å². The summed E-state index contributed by atoms with van der Waals surface area (Å²) >= 11 is 0. The lowest BCUT2D eigenvalue weighted by atomic mass is 10.1. The summed E-state index contributed by atoms with van der Waals surface area (Å²) in [5.41, 5.74) is 0.788. The standard InChI is InChI=1S/C10H14N2O/c1-2-5-12-7-9(6-11-12)10(13)8-3-4-8/h6-8H,2-5H2,1H3. The largest absolute Gasteiger partial charge is 0.294 e. The van der Waals surface area contributed by atoms with E-state index in [0.717, 1.165) is 31.4 Å². The van der Waals surface area contributed by atoms with Crippen molar-refractivity contribution < 1.29 is 4.79 Å². The van der Waals surface area contributed by atoms with Crippen LogP contribution in [0.3, 0.4) is 0 Å². The first-order chi connectivity index (χ1) is 6.31. The Bertz CT molecular complexity index is 312. The van der Waals surface area contributed by atoms with Crippen molar-refractivity contribution in [3.8, 4) is 0 Å². The van der Waals surface area contributed by atoms with Crippen molar-refractivity contribution in [3.05, 3.63) is 18.0 Å². The smallest absolute Gasteiger partial charge is 0.169 e. The summed E-state index contributed by atoms with van der Waals surface area (Å²) in [5.74, 6) is 0.585. The van der Waals surface area contributed by atoms with E-state index in [1.165, 1.54) is 0 Å². The summed E-state index contributed by atoms with van der Waals surface area (Å²) in [5, 5.41) is 4.13. The normalized spacial score (nSPS) is 16.1. The topological polar surface area (TPSA) is 34.9 Å². The van der Waals surface area contributed by atoms with Gasteiger partial charge in [-0.05, 0) is 19.3 Å². The zero-order valence-electron chi connectivity index (χ0n) is 7.86. The van der Waals surface area contributed by atoms with Crippen molar-refractivity contribution in [3.63, 3.8) is 0 Å². The number of carbonyl (C=O) groups is 1. The number of aryl methyl sites for hydroxylation is 1. The molecular formula is C10H14N2O. The van der Waals surface area contributed by atoms with Gasteiger partial charge in [-0.15, -0.1) is 0 Å². The minimum atomic E-state index is 0.280. The minimum Gasteiger partial charge on any atom is -0.294 e. The van der Waals surface area contributed by atoms with Crippen LogP contribution in [-0.2, 0) is 6.54 Å². The van der Waals surface area contributed by atoms with Crippen molar-refractivity contribution >= 4 is 5.78 Å². The summed E-state index contributed by atoms with van der Waals surface area (Å²) in [7, 11) is 0. The lowest BCUT2D eigenvalue weighted by Gasteiger charge is -1.94. The van der Waals surface area contributed by atoms with Crippen molar-refractivity contribution in [2.24, 2.45) is 5.92 Å². The third-order valence-electron chi connectivity index (χ3n) is 2.32. The Kier molecular flexibility index (Phi) is 2.17. The molecule has 0 atom stereocenters. The Morgan fingerprint density at radius 3 is 3.08 bits per heavy atom. The van der Waals surface area contributed by atoms with E-state index in [0.29, 0.717) is 5.92 Å². The maximum atomic E-state index is 11.6. The molecule has 70 valence electrons. The van der Waals surface area contributed by atoms with E-state index < -0.39 is 0 Å². The van der Waals surface area contributed by atoms with Gasteiger partial charge in [0.1, 0.15) is 0 Å². The third-order valence-corrected chi connectivity index (χ3v) is 2.32. The maximum absolute atomic E-state index is 11.6. The molecule has 3 heteroatoms. The lowest BCUT2D eigenvalue weighted by Crippen LogP contribution is -2.00. The average molecular weight is 178 g/mol. The van der Waals surface area contributed by atoms with Crippen LogP contribution in [0.1, 0.15) is 36.5 Å². The van der Waals surface area contributed by atoms with Gasteiger partial charge in [-0.1, -0.05) is 6.92 Å². The molecule has 1 heterocycles. The van der Waals surface area contributed by atoms with Crippen molar-refractivity contribution in [1.82, 2.24) is 9.78 Å². The van der Waals surface area contributed by atoms with Crippen LogP contribution < -0.4 is 0 Å². The number of hydrogen-bond acceptors (Lipinski definition) is 2. The first kappa shape index (κ1) is 8.48. The zero-order valence-corrected chi connectivity index (χ0v) is 7.86. The molecule has 0 spiro atoms. The molecule has 0 N–H and O–H groups in total. The second-order valence-electron chi connectivity index (χ2n) is 3.63. The number of carbonyl (C=O) groups excluding carboxylic acids is 1. The fourth-order valence-corrected chi connectivity index (χ4v) is 1.42. The van der Waals surface area contributed by atoms with Gasteiger partial charge in [-0.3, -0.25) is 9.48 Å². The Labute approximate surface area is 77.7 Å². The molecule has 1 aliphatic carbocycles. The van der Waals surface area contributed by atoms with Crippen LogP contribution in [0.25, 0.3) is 0 Å². The predicted octanol–water partition coefficient (Wildman–Crippen LogP) is 1.89. The van der Waals surface area contributed by atoms with Crippen LogP contribution in [0.15, 0.2) is 12.4 Å². The molecule has 0 amide bonds. The van der Waals surface area contributed by atoms with Crippen molar-refractivity contribution in [2.75, 3.05) is 0 Å². The second kappa shape index (κ2) is 3.32. The maximum Gasteiger partial charge on any atom is 0.169 e. The number of nitrogens with zero attached hydrogens (tertiary/aromatic N) is 2. The lowest BCUT2D eigenvalue weighted by molar-refractivity contribution is 0.0967. The molecule has 1 fully saturated rings. The molecule has 0 saturated heterocycles. The van der Waals surface area contributed by atoms with Gasteiger partial charge in [0.05, 0.1) is 11.8 Å². The number of ketones is 1. The fraction of sp³-hybridized carbons (Fsp3) is 0.600. The van der Waals surface area contributed by atoms with Gasteiger partial charge < -0.3 is 0 Å². The summed E-state index contributed by atoms with van der Waals surface area (Å²) in [6.07, 6.45) is 6.74. The number of rotatable bonds is 4. The molecule has 2 rings (SSSR count). The molecule has 1 saturated carbocycles. The monoisotopic (exact) mass is 178 g/mol. The van der Waals surface area contributed by atoms with Gasteiger partial charge in [0.2, 0.25) is 0 Å². The molecule has 1 aliphatic rings. The highest BCUT2D eigenvalue weighted by Gasteiger charge is 2.30. The van der Waals surface area contributed by atoms with Gasteiger partial charge in [0.25, 0.3) is 0 Å². The second-order valence-corrected chi connectivity index (χ2v) is 3.63. The Morgan fingerprint density at radius 2 is 2.46 bits per heavy atom. The van der Waals surface area contributed by atoms with Crippen LogP contribution in [0, 0.1) is 5.92 Å². The summed E-state index contributed by atoms with van der Waals surface area (Å²) in [4.78, 5) is 11.6. The average Bonchev–Trinajstić information content (AvgIpc) is 2.87. The summed E-state index contributed by atoms with van der Waals surface area (Å²) in [6, 6.07) is 0. The summed E-state index contributed by atoms with van der Waals surface area (Å²) < 4.78 is 1.84. The van der Waals surface area contributed by atoms with Gasteiger partial charge in [0.15, 0.2) is 5.78 Å². The molecule has 1 aromatic heterocycles. The van der Waals surface area contributed by atoms with E-state index in [2.05, 4.69) is 12.0 Å². The van der Waals surface area contributed by atoms with E-state index in [4.69, 9.17) is 0 Å². The fourth-order valence-electron chi connectivity index (χ4n) is 1.42. The Hall–Kier alpha value is -1.12. The van der Waals surface area contributed by atoms with Crippen molar-refractivity contribution in [2.45, 2.75) is 32.7 Å². The molecule has 0 aliphatic heterocycles. The van der Waals surface area contributed by atoms with Crippen LogP contribution in [0.2, 0.25) is 0 Å². The molecule has 13 heavy (non-hydrogen) atoms. The number of hydrogen-bond donors (Lipinski definition) is 0. The first-order valence-corrected chi connectivity index (χ1v) is 4.88. The van der Waals surface area contributed by atoms with Gasteiger partial charge in [-0.25, -0.2) is 0 Å². The van der Waals surface area contributed by atoms with Crippen LogP contribution in [0.4, 0.5) is 0 Å². The molecule has 0 radical (unpaired) electrons. The summed E-state index contributed by atoms with van der Waals surface area (Å²) in [6.45, 7) is 3.00. The molecule has 0 bridgehead atoms. The van der Waals surface area contributed by atoms with E-state index in [1.54, 1.807) is 6.20 Å². The highest BCUT2D eigenvalue weighted by Crippen LogP contribution is 2.32. The van der Waals surface area contributed by atoms with E-state index in [-0.39, 0.29) is 5.78 Å². The predicted molar refractivity (Wildman–Crippen MR) is 49.6 cm³/mol. The third kappa shape index (κ3) is 1.79. The first-order valence-electron chi connectivity index (χ1n) is 4.88. The van der Waals surface area contributed by atoms with E-state index >= 15 is 0 Å². The molecule has 0 aromatic carbocycles. The Balaban J connectivity index is 2.07. The SMILES string of the molecule is CCCn1cc(C(=O)C2CC2)cn1. The van der Waals surface area contributed by atoms with Crippen LogP contribution in [-0.4, -0.2) is 15.6 Å². The highest BCUT2D eigenvalue weighted by molar-refractivity contribution is 5.98. The van der Waals surface area contributed by atoms with Crippen LogP contribution >= 0.6 is 0 Å². The highest BCUT2D eigenvalue weighted by atomic mass is 16.1. The van der Waals surface area contributed by atoms with E-state index in [1.807, 2.05) is 10.9 Å². The quantitative estimate of drug-likeness (QED) is 0.660. The number of aromatic nitrogens is 2. The molecule has 0 unspecified atom stereocenters. The Morgan fingerprint density at radius 1 is 1.69 bits per heavy atom. The number of Topliss-reactive ketones (excluding diaryl/α,β-unsaturated/α-hetero) is 1. The van der Waals surface area contributed by atoms with Gasteiger partial charge in [0, 0.05) is 18.7 Å². The van der Waals surface area contributed by atoms with Gasteiger partial charge in [-0.2, -0.15) is 5.10 Å². The van der Waals surface area contributed by atoms with Crippen molar-refractivity contribution in [1.29, 1.82) is 0 Å². The van der Waals surface area contributed by atoms with Gasteiger partial charge >= 0.3 is 0 Å². The molecular weight excluding hydrogens is 164 g/mol. The zero-order chi connectivity index (χ0) is 9.26. The van der Waals surface area contributed by atoms with E-state index in [9.17, 15) is 4.79 Å². The molecule has 3 nitrogen and oxygen atoms in total. The molecule has 1 aromatic rings.